The van der Waals surface area contributed by atoms with Crippen LogP contribution >= 0.6 is 0 Å². The Kier molecular flexibility index (Phi) is 10.4. The van der Waals surface area contributed by atoms with E-state index in [4.69, 9.17) is 10.2 Å². The second kappa shape index (κ2) is 16.5. The number of hydrogen-bond acceptors (Lipinski definition) is 4. The van der Waals surface area contributed by atoms with E-state index in [1.807, 2.05) is 72.8 Å². The zero-order valence-electron chi connectivity index (χ0n) is 29.9. The SMILES string of the molecule is C(=C\c1ccc2cc(CNN=C(c3ccccc3)c3ccccc3)ccc2c1)/c1ccc2cc(CNN=C(c3ccccc3)c3ccccc3)ccc2c1. The molecule has 0 heterocycles. The summed E-state index contributed by atoms with van der Waals surface area (Å²) in [6.07, 6.45) is 4.37. The van der Waals surface area contributed by atoms with Crippen LogP contribution in [0, 0.1) is 0 Å². The van der Waals surface area contributed by atoms with E-state index in [0.717, 1.165) is 33.7 Å². The maximum absolute atomic E-state index is 4.82. The van der Waals surface area contributed by atoms with Crippen molar-refractivity contribution in [2.45, 2.75) is 13.1 Å². The predicted molar refractivity (Wildman–Crippen MR) is 228 cm³/mol. The molecule has 0 bridgehead atoms. The molecule has 0 saturated carbocycles. The van der Waals surface area contributed by atoms with Gasteiger partial charge in [-0.25, -0.2) is 0 Å². The van der Waals surface area contributed by atoms with E-state index in [9.17, 15) is 0 Å². The van der Waals surface area contributed by atoms with Gasteiger partial charge in [0.05, 0.1) is 24.5 Å². The van der Waals surface area contributed by atoms with Gasteiger partial charge in [0.25, 0.3) is 0 Å². The molecule has 54 heavy (non-hydrogen) atoms. The van der Waals surface area contributed by atoms with E-state index in [1.165, 1.54) is 43.8 Å². The molecule has 0 aliphatic rings. The third-order valence-electron chi connectivity index (χ3n) is 9.46. The van der Waals surface area contributed by atoms with Crippen LogP contribution in [-0.2, 0) is 13.1 Å². The van der Waals surface area contributed by atoms with Gasteiger partial charge in [-0.05, 0) is 68.1 Å². The number of hydrogen-bond donors (Lipinski definition) is 2. The minimum Gasteiger partial charge on any atom is -0.305 e. The van der Waals surface area contributed by atoms with Gasteiger partial charge in [0.1, 0.15) is 0 Å². The molecule has 260 valence electrons. The van der Waals surface area contributed by atoms with Crippen LogP contribution < -0.4 is 10.9 Å². The minimum absolute atomic E-state index is 0.637. The van der Waals surface area contributed by atoms with Gasteiger partial charge >= 0.3 is 0 Å². The van der Waals surface area contributed by atoms with Crippen molar-refractivity contribution in [2.24, 2.45) is 10.2 Å². The van der Waals surface area contributed by atoms with E-state index < -0.39 is 0 Å². The summed E-state index contributed by atoms with van der Waals surface area (Å²) in [6.45, 7) is 1.27. The maximum atomic E-state index is 4.82. The molecule has 0 aliphatic carbocycles. The lowest BCUT2D eigenvalue weighted by molar-refractivity contribution is 0.745. The third kappa shape index (κ3) is 8.36. The first-order valence-corrected chi connectivity index (χ1v) is 18.3. The minimum atomic E-state index is 0.637. The number of fused-ring (bicyclic) bond motifs is 2. The molecule has 8 aromatic rings. The molecular formula is C50H40N4. The standard InChI is InChI=1S/C50H40N4/c1-5-13-41(14-6-1)49(42-15-7-2-8-16-42)53-51-35-39-25-29-45-31-37(23-27-47(45)33-39)21-22-38-24-28-48-34-40(26-30-46(48)32-38)36-52-54-50(43-17-9-3-10-18-43)44-19-11-4-12-20-44/h1-34,51-52H,35-36H2/b22-21+. The summed E-state index contributed by atoms with van der Waals surface area (Å²) in [4.78, 5) is 0. The number of benzene rings is 8. The largest absolute Gasteiger partial charge is 0.305 e. The highest BCUT2D eigenvalue weighted by Gasteiger charge is 2.08. The second-order valence-electron chi connectivity index (χ2n) is 13.3. The summed E-state index contributed by atoms with van der Waals surface area (Å²) in [5.74, 6) is 0. The Bertz CT molecular complexity index is 2310. The van der Waals surface area contributed by atoms with Crippen LogP contribution in [0.15, 0.2) is 204 Å². The highest BCUT2D eigenvalue weighted by atomic mass is 15.3. The van der Waals surface area contributed by atoms with Crippen LogP contribution in [0.2, 0.25) is 0 Å². The Morgan fingerprint density at radius 1 is 0.352 bits per heavy atom. The molecule has 0 fully saturated rings. The molecule has 8 aromatic carbocycles. The number of rotatable bonds is 12. The number of nitrogens with one attached hydrogen (secondary N) is 2. The fourth-order valence-corrected chi connectivity index (χ4v) is 6.64. The summed E-state index contributed by atoms with van der Waals surface area (Å²) < 4.78 is 0. The molecule has 0 radical (unpaired) electrons. The Labute approximate surface area is 316 Å². The average Bonchev–Trinajstić information content (AvgIpc) is 3.24. The number of hydrazone groups is 2. The van der Waals surface area contributed by atoms with Crippen molar-refractivity contribution in [1.82, 2.24) is 10.9 Å². The fourth-order valence-electron chi connectivity index (χ4n) is 6.64. The first kappa shape index (κ1) is 34.1. The van der Waals surface area contributed by atoms with Crippen LogP contribution in [0.25, 0.3) is 33.7 Å². The van der Waals surface area contributed by atoms with Gasteiger partial charge in [-0.3, -0.25) is 0 Å². The Balaban J connectivity index is 0.914. The molecule has 0 amide bonds. The summed E-state index contributed by atoms with van der Waals surface area (Å²) in [7, 11) is 0. The van der Waals surface area contributed by atoms with E-state index >= 15 is 0 Å². The lowest BCUT2D eigenvalue weighted by atomic mass is 10.0. The molecule has 0 aliphatic heterocycles. The highest BCUT2D eigenvalue weighted by molar-refractivity contribution is 6.13. The van der Waals surface area contributed by atoms with Crippen molar-refractivity contribution in [3.05, 3.63) is 239 Å². The Hall–Kier alpha value is -7.04. The Morgan fingerprint density at radius 3 is 1.02 bits per heavy atom. The fraction of sp³-hybridized carbons (Fsp3) is 0.0400. The van der Waals surface area contributed by atoms with Crippen molar-refractivity contribution in [3.63, 3.8) is 0 Å². The van der Waals surface area contributed by atoms with Crippen molar-refractivity contribution < 1.29 is 0 Å². The summed E-state index contributed by atoms with van der Waals surface area (Å²) >= 11 is 0. The number of nitrogens with zero attached hydrogens (tertiary/aromatic N) is 2. The quantitative estimate of drug-likeness (QED) is 0.0759. The monoisotopic (exact) mass is 696 g/mol. The van der Waals surface area contributed by atoms with E-state index in [1.54, 1.807) is 0 Å². The van der Waals surface area contributed by atoms with Gasteiger partial charge < -0.3 is 10.9 Å². The molecule has 8 rings (SSSR count). The second-order valence-corrected chi connectivity index (χ2v) is 13.3. The lowest BCUT2D eigenvalue weighted by Crippen LogP contribution is -2.12. The maximum Gasteiger partial charge on any atom is 0.0973 e. The molecule has 0 unspecified atom stereocenters. The van der Waals surface area contributed by atoms with Gasteiger partial charge in [-0.1, -0.05) is 182 Å². The van der Waals surface area contributed by atoms with Crippen LogP contribution in [-0.4, -0.2) is 11.4 Å². The van der Waals surface area contributed by atoms with Crippen molar-refractivity contribution in [3.8, 4) is 0 Å². The highest BCUT2D eigenvalue weighted by Crippen LogP contribution is 2.23. The molecule has 4 nitrogen and oxygen atoms in total. The van der Waals surface area contributed by atoms with Crippen LogP contribution in [0.4, 0.5) is 0 Å². The average molecular weight is 697 g/mol. The predicted octanol–water partition coefficient (Wildman–Crippen LogP) is 11.2. The topological polar surface area (TPSA) is 48.8 Å². The molecule has 0 spiro atoms. The summed E-state index contributed by atoms with van der Waals surface area (Å²) in [6, 6.07) is 67.7. The van der Waals surface area contributed by atoms with E-state index in [2.05, 4.69) is 144 Å². The molecule has 2 N–H and O–H groups in total. The molecule has 0 aromatic heterocycles. The molecular weight excluding hydrogens is 657 g/mol. The van der Waals surface area contributed by atoms with E-state index in [-0.39, 0.29) is 0 Å². The van der Waals surface area contributed by atoms with Crippen LogP contribution in [0.5, 0.6) is 0 Å². The van der Waals surface area contributed by atoms with Crippen LogP contribution in [0.3, 0.4) is 0 Å². The summed E-state index contributed by atoms with van der Waals surface area (Å²) in [5.41, 5.74) is 17.5. The molecule has 0 atom stereocenters. The van der Waals surface area contributed by atoms with Gasteiger partial charge in [0, 0.05) is 22.3 Å². The van der Waals surface area contributed by atoms with E-state index in [0.29, 0.717) is 13.1 Å². The van der Waals surface area contributed by atoms with Crippen LogP contribution in [0.1, 0.15) is 44.5 Å². The van der Waals surface area contributed by atoms with Gasteiger partial charge in [-0.2, -0.15) is 10.2 Å². The van der Waals surface area contributed by atoms with Crippen molar-refractivity contribution in [1.29, 1.82) is 0 Å². The lowest BCUT2D eigenvalue weighted by Gasteiger charge is -2.09. The van der Waals surface area contributed by atoms with Crippen molar-refractivity contribution in [2.75, 3.05) is 0 Å². The van der Waals surface area contributed by atoms with Crippen molar-refractivity contribution >= 4 is 45.1 Å². The summed E-state index contributed by atoms with van der Waals surface area (Å²) in [5, 5.41) is 14.5. The normalized spacial score (nSPS) is 11.0. The van der Waals surface area contributed by atoms with Gasteiger partial charge in [0.2, 0.25) is 0 Å². The van der Waals surface area contributed by atoms with Gasteiger partial charge in [0.15, 0.2) is 0 Å². The molecule has 0 saturated heterocycles. The van der Waals surface area contributed by atoms with Gasteiger partial charge in [-0.15, -0.1) is 0 Å². The third-order valence-corrected chi connectivity index (χ3v) is 9.46. The smallest absolute Gasteiger partial charge is 0.0973 e. The first-order valence-electron chi connectivity index (χ1n) is 18.3. The zero-order valence-corrected chi connectivity index (χ0v) is 29.9. The zero-order chi connectivity index (χ0) is 36.4. The Morgan fingerprint density at radius 2 is 0.667 bits per heavy atom. The molecule has 4 heteroatoms. The first-order chi connectivity index (χ1) is 26.7.